The average molecular weight is 279 g/mol. The van der Waals surface area contributed by atoms with Crippen LogP contribution in [0.5, 0.6) is 0 Å². The van der Waals surface area contributed by atoms with Crippen molar-refractivity contribution in [2.24, 2.45) is 5.41 Å². The molecule has 1 aromatic rings. The quantitative estimate of drug-likeness (QED) is 0.902. The SMILES string of the molecule is CCC1(C(=O)O)CCN(C(=O)c2ccc(=O)oc2)CC1. The molecule has 1 saturated heterocycles. The zero-order chi connectivity index (χ0) is 14.8. The van der Waals surface area contributed by atoms with E-state index in [0.29, 0.717) is 37.9 Å². The third-order valence-corrected chi connectivity index (χ3v) is 4.09. The lowest BCUT2D eigenvalue weighted by molar-refractivity contribution is -0.152. The summed E-state index contributed by atoms with van der Waals surface area (Å²) >= 11 is 0. The van der Waals surface area contributed by atoms with E-state index in [1.165, 1.54) is 12.1 Å². The topological polar surface area (TPSA) is 87.8 Å². The van der Waals surface area contributed by atoms with Crippen molar-refractivity contribution in [3.05, 3.63) is 34.4 Å². The molecule has 0 aliphatic carbocycles. The molecule has 0 saturated carbocycles. The van der Waals surface area contributed by atoms with E-state index in [4.69, 9.17) is 0 Å². The molecule has 2 heterocycles. The van der Waals surface area contributed by atoms with Gasteiger partial charge in [0.1, 0.15) is 6.26 Å². The van der Waals surface area contributed by atoms with Crippen LogP contribution in [0.25, 0.3) is 0 Å². The molecule has 1 amide bonds. The lowest BCUT2D eigenvalue weighted by Gasteiger charge is -2.38. The molecule has 6 heteroatoms. The Morgan fingerprint density at radius 3 is 2.45 bits per heavy atom. The fraction of sp³-hybridized carbons (Fsp3) is 0.500. The monoisotopic (exact) mass is 279 g/mol. The number of rotatable bonds is 3. The highest BCUT2D eigenvalue weighted by Crippen LogP contribution is 2.35. The van der Waals surface area contributed by atoms with E-state index in [0.717, 1.165) is 6.26 Å². The number of carboxylic acid groups (broad SMARTS) is 1. The van der Waals surface area contributed by atoms with E-state index in [1.54, 1.807) is 4.90 Å². The minimum absolute atomic E-state index is 0.233. The molecule has 0 aromatic carbocycles. The normalized spacial score (nSPS) is 17.8. The number of carboxylic acids is 1. The molecule has 0 radical (unpaired) electrons. The minimum Gasteiger partial charge on any atom is -0.481 e. The molecule has 0 unspecified atom stereocenters. The van der Waals surface area contributed by atoms with Crippen LogP contribution in [0.15, 0.2) is 27.6 Å². The van der Waals surface area contributed by atoms with E-state index in [1.807, 2.05) is 6.92 Å². The first-order valence-corrected chi connectivity index (χ1v) is 6.60. The number of hydrogen-bond acceptors (Lipinski definition) is 4. The summed E-state index contributed by atoms with van der Waals surface area (Å²) in [5.41, 5.74) is -0.917. The summed E-state index contributed by atoms with van der Waals surface area (Å²) in [4.78, 5) is 36.0. The van der Waals surface area contributed by atoms with E-state index < -0.39 is 17.0 Å². The van der Waals surface area contributed by atoms with Crippen LogP contribution in [-0.2, 0) is 4.79 Å². The van der Waals surface area contributed by atoms with Gasteiger partial charge in [-0.1, -0.05) is 6.92 Å². The summed E-state index contributed by atoms with van der Waals surface area (Å²) in [6, 6.07) is 2.62. The molecular weight excluding hydrogens is 262 g/mol. The van der Waals surface area contributed by atoms with Gasteiger partial charge in [-0.3, -0.25) is 9.59 Å². The first kappa shape index (κ1) is 14.3. The Morgan fingerprint density at radius 1 is 1.35 bits per heavy atom. The van der Waals surface area contributed by atoms with Gasteiger partial charge in [0.2, 0.25) is 0 Å². The Labute approximate surface area is 116 Å². The highest BCUT2D eigenvalue weighted by Gasteiger charge is 2.40. The summed E-state index contributed by atoms with van der Waals surface area (Å²) in [6.45, 7) is 2.66. The lowest BCUT2D eigenvalue weighted by Crippen LogP contribution is -2.46. The molecule has 108 valence electrons. The first-order valence-electron chi connectivity index (χ1n) is 6.60. The summed E-state index contributed by atoms with van der Waals surface area (Å²) < 4.78 is 4.67. The van der Waals surface area contributed by atoms with E-state index in [2.05, 4.69) is 4.42 Å². The van der Waals surface area contributed by atoms with Gasteiger partial charge in [-0.25, -0.2) is 4.79 Å². The number of amides is 1. The van der Waals surface area contributed by atoms with E-state index in [-0.39, 0.29) is 5.91 Å². The van der Waals surface area contributed by atoms with Crippen LogP contribution in [0, 0.1) is 5.41 Å². The van der Waals surface area contributed by atoms with Gasteiger partial charge in [-0.2, -0.15) is 0 Å². The zero-order valence-electron chi connectivity index (χ0n) is 11.3. The van der Waals surface area contributed by atoms with Crippen LogP contribution in [0.4, 0.5) is 0 Å². The van der Waals surface area contributed by atoms with Crippen LogP contribution in [-0.4, -0.2) is 35.0 Å². The van der Waals surface area contributed by atoms with Crippen LogP contribution in [0.3, 0.4) is 0 Å². The molecule has 20 heavy (non-hydrogen) atoms. The summed E-state index contributed by atoms with van der Waals surface area (Å²) in [5.74, 6) is -1.03. The predicted molar refractivity (Wildman–Crippen MR) is 70.5 cm³/mol. The van der Waals surface area contributed by atoms with Gasteiger partial charge in [0, 0.05) is 19.2 Å². The molecule has 1 aromatic heterocycles. The highest BCUT2D eigenvalue weighted by molar-refractivity contribution is 5.94. The van der Waals surface area contributed by atoms with Crippen molar-refractivity contribution in [1.82, 2.24) is 4.90 Å². The maximum Gasteiger partial charge on any atom is 0.335 e. The number of carbonyl (C=O) groups excluding carboxylic acids is 1. The molecule has 1 fully saturated rings. The van der Waals surface area contributed by atoms with Gasteiger partial charge in [-0.05, 0) is 25.3 Å². The van der Waals surface area contributed by atoms with Gasteiger partial charge < -0.3 is 14.4 Å². The number of nitrogens with zero attached hydrogens (tertiary/aromatic N) is 1. The van der Waals surface area contributed by atoms with E-state index >= 15 is 0 Å². The number of likely N-dealkylation sites (tertiary alicyclic amines) is 1. The van der Waals surface area contributed by atoms with Gasteiger partial charge in [0.15, 0.2) is 0 Å². The highest BCUT2D eigenvalue weighted by atomic mass is 16.4. The van der Waals surface area contributed by atoms with Crippen molar-refractivity contribution in [2.75, 3.05) is 13.1 Å². The minimum atomic E-state index is -0.794. The van der Waals surface area contributed by atoms with Gasteiger partial charge in [0.25, 0.3) is 5.91 Å². The molecule has 0 atom stereocenters. The fourth-order valence-corrected chi connectivity index (χ4v) is 2.52. The number of aliphatic carboxylic acids is 1. The predicted octanol–water partition coefficient (Wildman–Crippen LogP) is 1.36. The lowest BCUT2D eigenvalue weighted by atomic mass is 9.76. The second-order valence-corrected chi connectivity index (χ2v) is 5.07. The van der Waals surface area contributed by atoms with Crippen LogP contribution < -0.4 is 5.63 Å². The number of hydrogen-bond donors (Lipinski definition) is 1. The van der Waals surface area contributed by atoms with Crippen molar-refractivity contribution >= 4 is 11.9 Å². The molecule has 0 spiro atoms. The van der Waals surface area contributed by atoms with Crippen LogP contribution in [0.2, 0.25) is 0 Å². The Hall–Kier alpha value is -2.11. The molecule has 2 rings (SSSR count). The third-order valence-electron chi connectivity index (χ3n) is 4.09. The summed E-state index contributed by atoms with van der Waals surface area (Å²) in [7, 11) is 0. The molecule has 6 nitrogen and oxygen atoms in total. The zero-order valence-corrected chi connectivity index (χ0v) is 11.3. The van der Waals surface area contributed by atoms with Gasteiger partial charge >= 0.3 is 11.6 Å². The Balaban J connectivity index is 2.07. The number of carbonyl (C=O) groups is 2. The standard InChI is InChI=1S/C14H17NO5/c1-2-14(13(18)19)5-7-15(8-6-14)12(17)10-3-4-11(16)20-9-10/h3-4,9H,2,5-8H2,1H3,(H,18,19). The van der Waals surface area contributed by atoms with Crippen molar-refractivity contribution in [2.45, 2.75) is 26.2 Å². The summed E-state index contributed by atoms with van der Waals surface area (Å²) in [5, 5.41) is 9.31. The second-order valence-electron chi connectivity index (χ2n) is 5.07. The maximum absolute atomic E-state index is 12.2. The van der Waals surface area contributed by atoms with Crippen molar-refractivity contribution in [1.29, 1.82) is 0 Å². The molecular formula is C14H17NO5. The molecule has 0 bridgehead atoms. The van der Waals surface area contributed by atoms with Crippen molar-refractivity contribution in [3.63, 3.8) is 0 Å². The molecule has 1 aliphatic heterocycles. The maximum atomic E-state index is 12.2. The Bertz CT molecular complexity index is 549. The summed E-state index contributed by atoms with van der Waals surface area (Å²) in [6.07, 6.45) is 2.59. The third kappa shape index (κ3) is 2.59. The molecule has 1 N–H and O–H groups in total. The van der Waals surface area contributed by atoms with Gasteiger partial charge in [0.05, 0.1) is 11.0 Å². The largest absolute Gasteiger partial charge is 0.481 e. The first-order chi connectivity index (χ1) is 9.48. The van der Waals surface area contributed by atoms with Crippen molar-refractivity contribution in [3.8, 4) is 0 Å². The fourth-order valence-electron chi connectivity index (χ4n) is 2.52. The smallest absolute Gasteiger partial charge is 0.335 e. The van der Waals surface area contributed by atoms with Gasteiger partial charge in [-0.15, -0.1) is 0 Å². The Morgan fingerprint density at radius 2 is 2.00 bits per heavy atom. The second kappa shape index (κ2) is 5.48. The average Bonchev–Trinajstić information content (AvgIpc) is 2.47. The van der Waals surface area contributed by atoms with E-state index in [9.17, 15) is 19.5 Å². The van der Waals surface area contributed by atoms with Crippen LogP contribution in [0.1, 0.15) is 36.5 Å². The molecule has 1 aliphatic rings. The van der Waals surface area contributed by atoms with Crippen LogP contribution >= 0.6 is 0 Å². The Kier molecular flexibility index (Phi) is 3.92. The number of piperidine rings is 1. The van der Waals surface area contributed by atoms with Crippen molar-refractivity contribution < 1.29 is 19.1 Å².